The number of non-ortho nitro benzene ring substituents is 2. The predicted octanol–water partition coefficient (Wildman–Crippen LogP) is 5.51. The van der Waals surface area contributed by atoms with Gasteiger partial charge in [0.15, 0.2) is 5.11 Å². The zero-order valence-corrected chi connectivity index (χ0v) is 18.3. The van der Waals surface area contributed by atoms with Crippen molar-refractivity contribution in [1.82, 2.24) is 5.32 Å². The van der Waals surface area contributed by atoms with Gasteiger partial charge in [0.25, 0.3) is 17.3 Å². The summed E-state index contributed by atoms with van der Waals surface area (Å²) in [6.07, 6.45) is 0. The van der Waals surface area contributed by atoms with Crippen LogP contribution in [-0.4, -0.2) is 20.9 Å². The summed E-state index contributed by atoms with van der Waals surface area (Å²) in [7, 11) is 0. The van der Waals surface area contributed by atoms with Crippen LogP contribution < -0.4 is 10.2 Å². The Kier molecular flexibility index (Phi) is 6.24. The summed E-state index contributed by atoms with van der Waals surface area (Å²) in [5.74, 6) is -0.807. The van der Waals surface area contributed by atoms with Gasteiger partial charge in [0.1, 0.15) is 0 Å². The van der Waals surface area contributed by atoms with E-state index in [-0.39, 0.29) is 10.7 Å². The number of nitro groups is 2. The zero-order valence-electron chi connectivity index (χ0n) is 17.5. The van der Waals surface area contributed by atoms with Crippen molar-refractivity contribution in [3.05, 3.63) is 117 Å². The molecule has 1 amide bonds. The highest BCUT2D eigenvalue weighted by molar-refractivity contribution is 7.80. The number of para-hydroxylation sites is 1. The van der Waals surface area contributed by atoms with Crippen molar-refractivity contribution >= 4 is 56.8 Å². The number of hydrogen-bond acceptors (Lipinski definition) is 6. The minimum absolute atomic E-state index is 0.000593. The fourth-order valence-corrected chi connectivity index (χ4v) is 3.74. The number of nitrogens with zero attached hydrogens (tertiary/aromatic N) is 3. The van der Waals surface area contributed by atoms with Crippen molar-refractivity contribution in [2.24, 2.45) is 0 Å². The number of fused-ring (bicyclic) bond motifs is 1. The lowest BCUT2D eigenvalue weighted by Gasteiger charge is -2.26. The molecule has 0 aliphatic rings. The second-order valence-corrected chi connectivity index (χ2v) is 7.60. The van der Waals surface area contributed by atoms with Gasteiger partial charge in [-0.15, -0.1) is 0 Å². The molecule has 0 aliphatic carbocycles. The number of carbonyl (C=O) groups is 1. The molecular formula is C24H16N4O5S. The first-order valence-electron chi connectivity index (χ1n) is 9.96. The van der Waals surface area contributed by atoms with Gasteiger partial charge in [0, 0.05) is 23.5 Å². The van der Waals surface area contributed by atoms with E-state index >= 15 is 0 Å². The van der Waals surface area contributed by atoms with E-state index in [4.69, 9.17) is 12.2 Å². The third kappa shape index (κ3) is 4.71. The Morgan fingerprint density at radius 3 is 1.94 bits per heavy atom. The highest BCUT2D eigenvalue weighted by atomic mass is 32.1. The summed E-state index contributed by atoms with van der Waals surface area (Å²) in [6, 6.07) is 25.3. The molecule has 0 heterocycles. The number of rotatable bonds is 5. The third-order valence-electron chi connectivity index (χ3n) is 5.02. The number of nitrogens with one attached hydrogen (secondary N) is 1. The van der Waals surface area contributed by atoms with Crippen LogP contribution in [0.1, 0.15) is 10.4 Å². The fraction of sp³-hybridized carbons (Fsp3) is 0. The first-order chi connectivity index (χ1) is 16.3. The second-order valence-electron chi connectivity index (χ2n) is 7.21. The van der Waals surface area contributed by atoms with Crippen LogP contribution in [0.2, 0.25) is 0 Å². The summed E-state index contributed by atoms with van der Waals surface area (Å²) in [6.45, 7) is 0. The number of hydrogen-bond donors (Lipinski definition) is 1. The maximum Gasteiger partial charge on any atom is 0.277 e. The molecule has 1 N–H and O–H groups in total. The van der Waals surface area contributed by atoms with E-state index in [9.17, 15) is 25.0 Å². The Hall–Kier alpha value is -4.70. The third-order valence-corrected chi connectivity index (χ3v) is 5.30. The van der Waals surface area contributed by atoms with Crippen LogP contribution in [0.15, 0.2) is 91.0 Å². The number of amides is 1. The number of carbonyl (C=O) groups excluding carboxylic acids is 1. The topological polar surface area (TPSA) is 119 Å². The van der Waals surface area contributed by atoms with Crippen molar-refractivity contribution in [2.45, 2.75) is 0 Å². The van der Waals surface area contributed by atoms with E-state index in [0.717, 1.165) is 29.0 Å². The van der Waals surface area contributed by atoms with Crippen molar-refractivity contribution in [2.75, 3.05) is 4.90 Å². The van der Waals surface area contributed by atoms with E-state index in [1.54, 1.807) is 4.90 Å². The van der Waals surface area contributed by atoms with Crippen LogP contribution in [-0.2, 0) is 0 Å². The molecule has 4 rings (SSSR count). The van der Waals surface area contributed by atoms with Crippen LogP contribution in [0.4, 0.5) is 22.7 Å². The Labute approximate surface area is 198 Å². The van der Waals surface area contributed by atoms with Crippen molar-refractivity contribution in [3.8, 4) is 0 Å². The monoisotopic (exact) mass is 472 g/mol. The smallest absolute Gasteiger partial charge is 0.277 e. The predicted molar refractivity (Wildman–Crippen MR) is 132 cm³/mol. The number of anilines is 2. The average molecular weight is 472 g/mol. The molecule has 0 atom stereocenters. The molecule has 4 aromatic rings. The van der Waals surface area contributed by atoms with Crippen molar-refractivity contribution in [3.63, 3.8) is 0 Å². The molecule has 0 radical (unpaired) electrons. The van der Waals surface area contributed by atoms with E-state index in [0.29, 0.717) is 11.4 Å². The zero-order chi connectivity index (χ0) is 24.2. The molecule has 10 heteroatoms. The SMILES string of the molecule is O=C(NC(=S)N(c1ccccc1)c1ccc2ccccc2c1)c1cc([N+](=O)[O-])cc([N+](=O)[O-])c1. The van der Waals surface area contributed by atoms with Crippen LogP contribution in [0.25, 0.3) is 10.8 Å². The molecule has 0 bridgehead atoms. The highest BCUT2D eigenvalue weighted by Crippen LogP contribution is 2.29. The highest BCUT2D eigenvalue weighted by Gasteiger charge is 2.23. The summed E-state index contributed by atoms with van der Waals surface area (Å²) >= 11 is 5.53. The lowest BCUT2D eigenvalue weighted by Crippen LogP contribution is -2.40. The van der Waals surface area contributed by atoms with Gasteiger partial charge in [-0.1, -0.05) is 48.5 Å². The molecule has 0 aliphatic heterocycles. The molecule has 0 fully saturated rings. The largest absolute Gasteiger partial charge is 0.298 e. The minimum Gasteiger partial charge on any atom is -0.298 e. The fourth-order valence-electron chi connectivity index (χ4n) is 3.44. The molecular weight excluding hydrogens is 456 g/mol. The van der Waals surface area contributed by atoms with Crippen molar-refractivity contribution < 1.29 is 14.6 Å². The summed E-state index contributed by atoms with van der Waals surface area (Å²) in [5.41, 5.74) is -0.0393. The Balaban J connectivity index is 1.71. The number of thiocarbonyl (C=S) groups is 1. The minimum atomic E-state index is -0.807. The van der Waals surface area contributed by atoms with E-state index in [1.165, 1.54) is 0 Å². The van der Waals surface area contributed by atoms with Crippen LogP contribution in [0.5, 0.6) is 0 Å². The number of nitro benzene ring substituents is 2. The molecule has 9 nitrogen and oxygen atoms in total. The lowest BCUT2D eigenvalue weighted by molar-refractivity contribution is -0.394. The van der Waals surface area contributed by atoms with Gasteiger partial charge in [0.2, 0.25) is 0 Å². The molecule has 0 saturated carbocycles. The van der Waals surface area contributed by atoms with Gasteiger partial charge < -0.3 is 0 Å². The maximum absolute atomic E-state index is 12.9. The van der Waals surface area contributed by atoms with Crippen molar-refractivity contribution in [1.29, 1.82) is 0 Å². The van der Waals surface area contributed by atoms with Gasteiger partial charge in [-0.2, -0.15) is 0 Å². The quantitative estimate of drug-likeness (QED) is 0.231. The first kappa shape index (κ1) is 22.5. The number of benzene rings is 4. The lowest BCUT2D eigenvalue weighted by atomic mass is 10.1. The van der Waals surface area contributed by atoms with Gasteiger partial charge in [-0.3, -0.25) is 35.2 Å². The standard InChI is InChI=1S/C24H16N4O5S/c29-23(18-13-21(27(30)31)15-22(14-18)28(32)33)25-24(34)26(19-8-2-1-3-9-19)20-11-10-16-6-4-5-7-17(16)12-20/h1-15H,(H,25,29,34). The molecule has 4 aromatic carbocycles. The van der Waals surface area contributed by atoms with Crippen LogP contribution >= 0.6 is 12.2 Å². The Morgan fingerprint density at radius 1 is 0.735 bits per heavy atom. The summed E-state index contributed by atoms with van der Waals surface area (Å²) in [4.78, 5) is 35.3. The molecule has 0 aromatic heterocycles. The van der Waals surface area contributed by atoms with Crippen LogP contribution in [0.3, 0.4) is 0 Å². The van der Waals surface area contributed by atoms with Gasteiger partial charge in [0.05, 0.1) is 21.5 Å². The van der Waals surface area contributed by atoms with Gasteiger partial charge >= 0.3 is 0 Å². The van der Waals surface area contributed by atoms with E-state index < -0.39 is 27.1 Å². The maximum atomic E-state index is 12.9. The average Bonchev–Trinajstić information content (AvgIpc) is 2.84. The molecule has 0 unspecified atom stereocenters. The molecule has 168 valence electrons. The normalized spacial score (nSPS) is 10.5. The second kappa shape index (κ2) is 9.43. The van der Waals surface area contributed by atoms with E-state index in [1.807, 2.05) is 72.8 Å². The van der Waals surface area contributed by atoms with Crippen LogP contribution in [0, 0.1) is 20.2 Å². The van der Waals surface area contributed by atoms with Gasteiger partial charge in [-0.05, 0) is 47.3 Å². The molecule has 34 heavy (non-hydrogen) atoms. The molecule has 0 saturated heterocycles. The van der Waals surface area contributed by atoms with E-state index in [2.05, 4.69) is 5.32 Å². The first-order valence-corrected chi connectivity index (χ1v) is 10.4. The van der Waals surface area contributed by atoms with Gasteiger partial charge in [-0.25, -0.2) is 0 Å². The molecule has 0 spiro atoms. The summed E-state index contributed by atoms with van der Waals surface area (Å²) in [5, 5.41) is 26.9. The Bertz CT molecular complexity index is 1410. The Morgan fingerprint density at radius 2 is 1.32 bits per heavy atom. The summed E-state index contributed by atoms with van der Waals surface area (Å²) < 4.78 is 0.